The Bertz CT molecular complexity index is 2550. The van der Waals surface area contributed by atoms with Gasteiger partial charge in [0.1, 0.15) is 60.4 Å². The molecule has 536 valence electrons. The average molecular weight is 1340 g/mol. The van der Waals surface area contributed by atoms with Gasteiger partial charge >= 0.3 is 5.97 Å². The van der Waals surface area contributed by atoms with Gasteiger partial charge in [-0.2, -0.15) is 0 Å². The van der Waals surface area contributed by atoms with Crippen LogP contribution in [0.2, 0.25) is 0 Å². The molecule has 0 unspecified atom stereocenters. The number of rotatable bonds is 49. The first-order valence-electron chi connectivity index (χ1n) is 32.2. The van der Waals surface area contributed by atoms with E-state index in [-0.39, 0.29) is 69.4 Å². The highest BCUT2D eigenvalue weighted by molar-refractivity contribution is 6.00. The lowest BCUT2D eigenvalue weighted by Gasteiger charge is -2.30. The molecule has 0 heterocycles. The fourth-order valence-electron chi connectivity index (χ4n) is 9.50. The maximum Gasteiger partial charge on any atom is 0.326 e. The van der Waals surface area contributed by atoms with Gasteiger partial charge in [0, 0.05) is 19.4 Å². The van der Waals surface area contributed by atoms with Crippen molar-refractivity contribution in [1.29, 1.82) is 0 Å². The molecule has 0 bridgehead atoms. The minimum Gasteiger partial charge on any atom is -0.480 e. The standard InChI is InChI=1S/C60H111N19O15/c1-11-34(10)48(58(92)76-40(27-30(2)3)53(87)73-39(59(93)94)19-13-15-25-62)79-52(86)38(21-23-44(65)81)70-50(84)36(18-12-14-24-61)72-56(90)47(33(8)9)78-51(85)37(20-22-43(64)80)71-55(89)42(29-45(66)82)74-54(88)41(28-31(4)5)75-57(91)46(32(6)7)77-49(83)35(63)17-16-26-69-60(67)68/h30-42,46-48H,11-29,61-63H2,1-10H3,(H2,64,80)(H2,65,81)(H2,66,82)(H,70,84)(H,71,89)(H,72,90)(H,73,87)(H,74,88)(H,75,91)(H,76,92)(H,77,83)(H,78,85)(H,79,86)(H,93,94)(H4,67,68,69)/t34-,35-,36-,37-,38-,39-,40-,41-,42-,46-,47-,48-/m0/s1. The molecule has 0 aromatic heterocycles. The van der Waals surface area contributed by atoms with Gasteiger partial charge in [0.15, 0.2) is 5.96 Å². The van der Waals surface area contributed by atoms with Gasteiger partial charge in [-0.05, 0) is 120 Å². The van der Waals surface area contributed by atoms with Gasteiger partial charge in [0.05, 0.1) is 12.5 Å². The van der Waals surface area contributed by atoms with Crippen LogP contribution < -0.4 is 99.0 Å². The number of carboxylic acids is 1. The minimum absolute atomic E-state index is 0.0195. The van der Waals surface area contributed by atoms with E-state index >= 15 is 0 Å². The molecule has 0 saturated carbocycles. The lowest BCUT2D eigenvalue weighted by molar-refractivity contribution is -0.142. The number of aliphatic carboxylic acids is 1. The second kappa shape index (κ2) is 45.1. The van der Waals surface area contributed by atoms with E-state index in [9.17, 15) is 72.2 Å². The Labute approximate surface area is 550 Å². The van der Waals surface area contributed by atoms with Crippen LogP contribution >= 0.6 is 0 Å². The van der Waals surface area contributed by atoms with E-state index in [0.717, 1.165) is 0 Å². The van der Waals surface area contributed by atoms with Gasteiger partial charge in [-0.1, -0.05) is 75.7 Å². The Hall–Kier alpha value is -8.27. The molecule has 0 spiro atoms. The smallest absolute Gasteiger partial charge is 0.326 e. The Balaban J connectivity index is 6.99. The van der Waals surface area contributed by atoms with E-state index in [1.54, 1.807) is 55.4 Å². The molecule has 34 nitrogen and oxygen atoms in total. The zero-order chi connectivity index (χ0) is 72.1. The van der Waals surface area contributed by atoms with Crippen molar-refractivity contribution in [3.8, 4) is 0 Å². The van der Waals surface area contributed by atoms with Crippen LogP contribution in [0.3, 0.4) is 0 Å². The summed E-state index contributed by atoms with van der Waals surface area (Å²) in [6.45, 7) is 17.4. The number of nitrogens with two attached hydrogens (primary N) is 8. The number of nitrogens with one attached hydrogen (secondary N) is 10. The first kappa shape index (κ1) is 85.7. The predicted molar refractivity (Wildman–Crippen MR) is 349 cm³/mol. The van der Waals surface area contributed by atoms with Gasteiger partial charge < -0.3 is 104 Å². The number of hydrogen-bond donors (Lipinski definition) is 19. The van der Waals surface area contributed by atoms with Gasteiger partial charge in [0.2, 0.25) is 76.8 Å². The Kier molecular flexibility index (Phi) is 41.2. The summed E-state index contributed by atoms with van der Waals surface area (Å²) < 4.78 is 0. The second-order valence-electron chi connectivity index (χ2n) is 25.2. The van der Waals surface area contributed by atoms with Crippen molar-refractivity contribution < 1.29 is 72.2 Å². The normalized spacial score (nSPS) is 15.1. The third-order valence-electron chi connectivity index (χ3n) is 15.1. The highest BCUT2D eigenvalue weighted by Gasteiger charge is 2.38. The molecule has 0 aliphatic carbocycles. The number of nitrogens with zero attached hydrogens (tertiary/aromatic N) is 1. The summed E-state index contributed by atoms with van der Waals surface area (Å²) in [4.78, 5) is 193. The first-order valence-corrected chi connectivity index (χ1v) is 32.2. The zero-order valence-corrected chi connectivity index (χ0v) is 56.4. The van der Waals surface area contributed by atoms with E-state index in [1.165, 1.54) is 13.8 Å². The number of carbonyl (C=O) groups is 14. The number of carbonyl (C=O) groups excluding carboxylic acids is 13. The number of primary amides is 3. The number of carboxylic acid groups (broad SMARTS) is 1. The monoisotopic (exact) mass is 1340 g/mol. The number of amides is 13. The lowest BCUT2D eigenvalue weighted by atomic mass is 9.96. The molecule has 0 radical (unpaired) electrons. The molecule has 0 aliphatic heterocycles. The molecule has 0 rings (SSSR count). The molecular formula is C60H111N19O15. The summed E-state index contributed by atoms with van der Waals surface area (Å²) in [5, 5.41) is 35.4. The fourth-order valence-corrected chi connectivity index (χ4v) is 9.50. The van der Waals surface area contributed by atoms with Crippen molar-refractivity contribution >= 4 is 88.7 Å². The van der Waals surface area contributed by atoms with E-state index in [2.05, 4.69) is 58.2 Å². The molecule has 13 amide bonds. The molecule has 0 fully saturated rings. The summed E-state index contributed by atoms with van der Waals surface area (Å²) in [7, 11) is 0. The molecule has 12 atom stereocenters. The molecule has 94 heavy (non-hydrogen) atoms. The highest BCUT2D eigenvalue weighted by atomic mass is 16.4. The van der Waals surface area contributed by atoms with Crippen molar-refractivity contribution in [3.63, 3.8) is 0 Å². The number of aliphatic imine (C=N–C) groups is 1. The Morgan fingerprint density at radius 3 is 1.11 bits per heavy atom. The molecular weight excluding hydrogens is 1230 g/mol. The summed E-state index contributed by atoms with van der Waals surface area (Å²) in [5.41, 5.74) is 44.6. The molecule has 0 aromatic carbocycles. The van der Waals surface area contributed by atoms with Crippen LogP contribution in [0.25, 0.3) is 0 Å². The van der Waals surface area contributed by atoms with Crippen molar-refractivity contribution in [2.24, 2.45) is 80.5 Å². The van der Waals surface area contributed by atoms with Crippen LogP contribution in [0.1, 0.15) is 172 Å². The van der Waals surface area contributed by atoms with Crippen LogP contribution in [0.5, 0.6) is 0 Å². The molecule has 0 aromatic rings. The van der Waals surface area contributed by atoms with Crippen molar-refractivity contribution in [3.05, 3.63) is 0 Å². The SMILES string of the molecule is CC[C@H](C)[C@H](NC(=O)[C@H](CCC(N)=O)NC(=O)[C@H](CCCCN)NC(=O)[C@@H](NC(=O)[C@H](CCC(N)=O)NC(=O)[C@H](CC(N)=O)NC(=O)[C@H](CC(C)C)NC(=O)[C@@H](NC(=O)[C@@H](N)CCCN=C(N)N)C(C)C)C(C)C)C(=O)N[C@@H](CC(C)C)C(=O)N[C@@H](CCCCN)C(=O)O. The topological polar surface area (TPSA) is 600 Å². The molecule has 34 heteroatoms. The van der Waals surface area contributed by atoms with Crippen molar-refractivity contribution in [1.82, 2.24) is 53.2 Å². The summed E-state index contributed by atoms with van der Waals surface area (Å²) in [6.07, 6.45) is -0.302. The lowest BCUT2D eigenvalue weighted by Crippen LogP contribution is -2.62. The first-order chi connectivity index (χ1) is 43.9. The van der Waals surface area contributed by atoms with Crippen LogP contribution in [0.15, 0.2) is 4.99 Å². The highest BCUT2D eigenvalue weighted by Crippen LogP contribution is 2.16. The van der Waals surface area contributed by atoms with Crippen LogP contribution in [-0.4, -0.2) is 180 Å². The number of unbranched alkanes of at least 4 members (excludes halogenated alkanes) is 2. The van der Waals surface area contributed by atoms with E-state index < -0.39 is 199 Å². The van der Waals surface area contributed by atoms with Crippen LogP contribution in [0.4, 0.5) is 0 Å². The summed E-state index contributed by atoms with van der Waals surface area (Å²) in [6, 6.07) is -15.6. The summed E-state index contributed by atoms with van der Waals surface area (Å²) in [5.74, 6) is -15.7. The van der Waals surface area contributed by atoms with Gasteiger partial charge in [-0.15, -0.1) is 0 Å². The van der Waals surface area contributed by atoms with Gasteiger partial charge in [-0.25, -0.2) is 4.79 Å². The van der Waals surface area contributed by atoms with Gasteiger partial charge in [0.25, 0.3) is 0 Å². The second-order valence-corrected chi connectivity index (χ2v) is 25.2. The minimum atomic E-state index is -1.81. The maximum atomic E-state index is 14.4. The Morgan fingerprint density at radius 1 is 0.383 bits per heavy atom. The average Bonchev–Trinajstić information content (AvgIpc) is 1.39. The molecule has 27 N–H and O–H groups in total. The quantitative estimate of drug-likeness (QED) is 0.0155. The van der Waals surface area contributed by atoms with E-state index in [4.69, 9.17) is 45.9 Å². The van der Waals surface area contributed by atoms with Crippen molar-refractivity contribution in [2.75, 3.05) is 19.6 Å². The third kappa shape index (κ3) is 34.6. The maximum absolute atomic E-state index is 14.4. The molecule has 0 saturated heterocycles. The van der Waals surface area contributed by atoms with Gasteiger partial charge in [-0.3, -0.25) is 67.3 Å². The fraction of sp³-hybridized carbons (Fsp3) is 0.750. The summed E-state index contributed by atoms with van der Waals surface area (Å²) >= 11 is 0. The Morgan fingerprint density at radius 2 is 0.723 bits per heavy atom. The zero-order valence-electron chi connectivity index (χ0n) is 56.4. The third-order valence-corrected chi connectivity index (χ3v) is 15.1. The van der Waals surface area contributed by atoms with E-state index in [0.29, 0.717) is 38.6 Å². The van der Waals surface area contributed by atoms with Crippen LogP contribution in [0, 0.1) is 29.6 Å². The van der Waals surface area contributed by atoms with E-state index in [1.807, 2.05) is 0 Å². The predicted octanol–water partition coefficient (Wildman–Crippen LogP) is -4.59. The number of guanidine groups is 1. The largest absolute Gasteiger partial charge is 0.480 e. The molecule has 0 aliphatic rings. The number of hydrogen-bond acceptors (Lipinski definition) is 18. The van der Waals surface area contributed by atoms with Crippen molar-refractivity contribution in [2.45, 2.75) is 238 Å². The van der Waals surface area contributed by atoms with Crippen LogP contribution in [-0.2, 0) is 67.1 Å².